The lowest BCUT2D eigenvalue weighted by molar-refractivity contribution is -0.115. The number of fused-ring (bicyclic) bond motifs is 1. The van der Waals surface area contributed by atoms with Gasteiger partial charge in [-0.25, -0.2) is 9.78 Å². The van der Waals surface area contributed by atoms with E-state index in [0.717, 1.165) is 24.0 Å². The van der Waals surface area contributed by atoms with Gasteiger partial charge in [-0.05, 0) is 25.5 Å². The lowest BCUT2D eigenvalue weighted by atomic mass is 10.3. The number of ether oxygens (including phenoxy) is 1. The molecule has 1 aromatic carbocycles. The maximum atomic E-state index is 11.9. The fourth-order valence-electron chi connectivity index (χ4n) is 2.12. The molecule has 0 radical (unpaired) electrons. The lowest BCUT2D eigenvalue weighted by Gasteiger charge is -2.09. The maximum Gasteiger partial charge on any atom is 0.407 e. The molecule has 0 unspecified atom stereocenters. The van der Waals surface area contributed by atoms with Crippen LogP contribution in [0.2, 0.25) is 0 Å². The first-order valence-corrected chi connectivity index (χ1v) is 7.31. The molecule has 0 spiro atoms. The number of imidazole rings is 1. The van der Waals surface area contributed by atoms with E-state index in [1.54, 1.807) is 6.92 Å². The van der Waals surface area contributed by atoms with Crippen molar-refractivity contribution in [1.29, 1.82) is 0 Å². The number of aromatic nitrogens is 2. The van der Waals surface area contributed by atoms with E-state index in [-0.39, 0.29) is 19.1 Å². The van der Waals surface area contributed by atoms with Crippen LogP contribution in [0, 0.1) is 0 Å². The SMILES string of the molecule is CCCn1c(NC(=O)CNC(=O)OCC)nc2ccccc21. The summed E-state index contributed by atoms with van der Waals surface area (Å²) in [5.41, 5.74) is 1.79. The third-order valence-electron chi connectivity index (χ3n) is 3.02. The van der Waals surface area contributed by atoms with Gasteiger partial charge in [0.1, 0.15) is 6.54 Å². The van der Waals surface area contributed by atoms with Crippen LogP contribution < -0.4 is 10.6 Å². The van der Waals surface area contributed by atoms with Crippen molar-refractivity contribution < 1.29 is 14.3 Å². The van der Waals surface area contributed by atoms with Crippen molar-refractivity contribution in [2.75, 3.05) is 18.5 Å². The van der Waals surface area contributed by atoms with Gasteiger partial charge in [0.05, 0.1) is 17.6 Å². The second-order valence-electron chi connectivity index (χ2n) is 4.70. The Morgan fingerprint density at radius 2 is 2.05 bits per heavy atom. The number of para-hydroxylation sites is 2. The molecule has 0 atom stereocenters. The molecule has 0 aliphatic rings. The van der Waals surface area contributed by atoms with Crippen LogP contribution in [-0.4, -0.2) is 34.7 Å². The number of anilines is 1. The second kappa shape index (κ2) is 7.44. The van der Waals surface area contributed by atoms with Crippen molar-refractivity contribution in [3.05, 3.63) is 24.3 Å². The number of hydrogen-bond acceptors (Lipinski definition) is 4. The summed E-state index contributed by atoms with van der Waals surface area (Å²) in [6, 6.07) is 7.70. The minimum absolute atomic E-state index is 0.159. The molecule has 7 heteroatoms. The molecule has 2 N–H and O–H groups in total. The Hall–Kier alpha value is -2.57. The largest absolute Gasteiger partial charge is 0.450 e. The summed E-state index contributed by atoms with van der Waals surface area (Å²) in [4.78, 5) is 27.5. The highest BCUT2D eigenvalue weighted by Gasteiger charge is 2.13. The van der Waals surface area contributed by atoms with Gasteiger partial charge in [-0.2, -0.15) is 0 Å². The molecule has 2 aromatic rings. The predicted octanol–water partition coefficient (Wildman–Crippen LogP) is 2.13. The van der Waals surface area contributed by atoms with Crippen molar-refractivity contribution in [1.82, 2.24) is 14.9 Å². The Morgan fingerprint density at radius 3 is 2.77 bits per heavy atom. The number of aryl methyl sites for hydroxylation is 1. The highest BCUT2D eigenvalue weighted by Crippen LogP contribution is 2.19. The van der Waals surface area contributed by atoms with Gasteiger partial charge in [0.15, 0.2) is 0 Å². The first kappa shape index (κ1) is 15.8. The number of carbonyl (C=O) groups excluding carboxylic acids is 2. The van der Waals surface area contributed by atoms with E-state index in [1.165, 1.54) is 0 Å². The molecule has 118 valence electrons. The van der Waals surface area contributed by atoms with Crippen LogP contribution in [0.5, 0.6) is 0 Å². The summed E-state index contributed by atoms with van der Waals surface area (Å²) in [6.07, 6.45) is 0.310. The number of nitrogens with zero attached hydrogens (tertiary/aromatic N) is 2. The van der Waals surface area contributed by atoms with Crippen LogP contribution in [0.3, 0.4) is 0 Å². The zero-order chi connectivity index (χ0) is 15.9. The topological polar surface area (TPSA) is 85.2 Å². The molecule has 1 aromatic heterocycles. The zero-order valence-corrected chi connectivity index (χ0v) is 12.8. The smallest absolute Gasteiger partial charge is 0.407 e. The summed E-state index contributed by atoms with van der Waals surface area (Å²) in [5, 5.41) is 5.10. The molecule has 2 amide bonds. The third-order valence-corrected chi connectivity index (χ3v) is 3.02. The van der Waals surface area contributed by atoms with Crippen LogP contribution in [0.1, 0.15) is 20.3 Å². The lowest BCUT2D eigenvalue weighted by Crippen LogP contribution is -2.33. The van der Waals surface area contributed by atoms with Crippen molar-refractivity contribution in [2.24, 2.45) is 0 Å². The van der Waals surface area contributed by atoms with Crippen LogP contribution in [0.4, 0.5) is 10.7 Å². The standard InChI is InChI=1S/C15H20N4O3/c1-3-9-19-12-8-6-5-7-11(12)17-14(19)18-13(20)10-16-15(21)22-4-2/h5-8H,3-4,9-10H2,1-2H3,(H,16,21)(H,17,18,20). The Morgan fingerprint density at radius 1 is 1.27 bits per heavy atom. The van der Waals surface area contributed by atoms with Crippen molar-refractivity contribution >= 4 is 29.0 Å². The van der Waals surface area contributed by atoms with Gasteiger partial charge >= 0.3 is 6.09 Å². The minimum atomic E-state index is -0.611. The van der Waals surface area contributed by atoms with Gasteiger partial charge in [0.2, 0.25) is 11.9 Å². The highest BCUT2D eigenvalue weighted by atomic mass is 16.5. The van der Waals surface area contributed by atoms with E-state index in [9.17, 15) is 9.59 Å². The molecular weight excluding hydrogens is 284 g/mol. The molecule has 0 aliphatic heterocycles. The monoisotopic (exact) mass is 304 g/mol. The molecule has 22 heavy (non-hydrogen) atoms. The third kappa shape index (κ3) is 3.75. The Kier molecular flexibility index (Phi) is 5.35. The molecule has 1 heterocycles. The number of hydrogen-bond donors (Lipinski definition) is 2. The molecule has 0 saturated heterocycles. The predicted molar refractivity (Wildman–Crippen MR) is 83.7 cm³/mol. The minimum Gasteiger partial charge on any atom is -0.450 e. The van der Waals surface area contributed by atoms with E-state index in [0.29, 0.717) is 5.95 Å². The Labute approximate surface area is 128 Å². The summed E-state index contributed by atoms with van der Waals surface area (Å²) >= 11 is 0. The van der Waals surface area contributed by atoms with Gasteiger partial charge in [-0.1, -0.05) is 19.1 Å². The number of amides is 2. The van der Waals surface area contributed by atoms with Crippen molar-refractivity contribution in [3.63, 3.8) is 0 Å². The summed E-state index contributed by atoms with van der Waals surface area (Å²) in [5.74, 6) is 0.138. The number of benzene rings is 1. The maximum absolute atomic E-state index is 11.9. The number of rotatable bonds is 6. The van der Waals surface area contributed by atoms with E-state index >= 15 is 0 Å². The fourth-order valence-corrected chi connectivity index (χ4v) is 2.12. The first-order chi connectivity index (χ1) is 10.7. The molecule has 0 bridgehead atoms. The number of carbonyl (C=O) groups is 2. The van der Waals surface area contributed by atoms with Gasteiger partial charge in [-0.15, -0.1) is 0 Å². The fraction of sp³-hybridized carbons (Fsp3) is 0.400. The van der Waals surface area contributed by atoms with E-state index in [2.05, 4.69) is 22.5 Å². The van der Waals surface area contributed by atoms with Gasteiger partial charge < -0.3 is 14.6 Å². The van der Waals surface area contributed by atoms with Crippen LogP contribution >= 0.6 is 0 Å². The Bertz CT molecular complexity index is 666. The van der Waals surface area contributed by atoms with Crippen LogP contribution in [0.25, 0.3) is 11.0 Å². The first-order valence-electron chi connectivity index (χ1n) is 7.31. The van der Waals surface area contributed by atoms with Gasteiger partial charge in [-0.3, -0.25) is 10.1 Å². The Balaban J connectivity index is 2.08. The normalized spacial score (nSPS) is 10.5. The molecule has 2 rings (SSSR count). The second-order valence-corrected chi connectivity index (χ2v) is 4.70. The molecular formula is C15H20N4O3. The molecule has 7 nitrogen and oxygen atoms in total. The molecule has 0 aliphatic carbocycles. The summed E-state index contributed by atoms with van der Waals surface area (Å²) < 4.78 is 6.66. The number of alkyl carbamates (subject to hydrolysis) is 1. The van der Waals surface area contributed by atoms with E-state index in [4.69, 9.17) is 4.74 Å². The van der Waals surface area contributed by atoms with Gasteiger partial charge in [0.25, 0.3) is 0 Å². The van der Waals surface area contributed by atoms with Crippen molar-refractivity contribution in [3.8, 4) is 0 Å². The van der Waals surface area contributed by atoms with Crippen LogP contribution in [-0.2, 0) is 16.1 Å². The number of nitrogens with one attached hydrogen (secondary N) is 2. The van der Waals surface area contributed by atoms with E-state index < -0.39 is 6.09 Å². The summed E-state index contributed by atoms with van der Waals surface area (Å²) in [7, 11) is 0. The summed E-state index contributed by atoms with van der Waals surface area (Å²) in [6.45, 7) is 4.62. The molecule has 0 fully saturated rings. The van der Waals surface area contributed by atoms with Gasteiger partial charge in [0, 0.05) is 6.54 Å². The molecule has 0 saturated carbocycles. The van der Waals surface area contributed by atoms with E-state index in [1.807, 2.05) is 28.8 Å². The zero-order valence-electron chi connectivity index (χ0n) is 12.8. The quantitative estimate of drug-likeness (QED) is 0.856. The average molecular weight is 304 g/mol. The van der Waals surface area contributed by atoms with Crippen LogP contribution in [0.15, 0.2) is 24.3 Å². The average Bonchev–Trinajstić information content (AvgIpc) is 2.84. The highest BCUT2D eigenvalue weighted by molar-refractivity contribution is 5.94. The van der Waals surface area contributed by atoms with Crippen molar-refractivity contribution in [2.45, 2.75) is 26.8 Å².